The fraction of sp³-hybridized carbons (Fsp3) is 0.357. The largest absolute Gasteiger partial charge is 0.393 e. The predicted molar refractivity (Wildman–Crippen MR) is 152 cm³/mol. The molecule has 1 aliphatic heterocycles. The Hall–Kier alpha value is -3.53. The number of nitrogens with zero attached hydrogens (tertiary/aromatic N) is 6. The summed E-state index contributed by atoms with van der Waals surface area (Å²) >= 11 is 2.68. The van der Waals surface area contributed by atoms with Gasteiger partial charge in [0.25, 0.3) is 0 Å². The van der Waals surface area contributed by atoms with Crippen LogP contribution in [0.5, 0.6) is 0 Å². The third-order valence-electron chi connectivity index (χ3n) is 7.16. The molecule has 12 heteroatoms. The minimum atomic E-state index is -4.25. The fourth-order valence-electron chi connectivity index (χ4n) is 5.32. The van der Waals surface area contributed by atoms with Gasteiger partial charge < -0.3 is 9.88 Å². The monoisotopic (exact) mass is 581 g/mol. The van der Waals surface area contributed by atoms with Crippen LogP contribution in [0.15, 0.2) is 42.0 Å². The molecule has 4 aromatic heterocycles. The number of nitrogens with one attached hydrogen (secondary N) is 1. The molecular formula is C28H26F3N7S2. The number of halogens is 3. The number of alkyl halides is 3. The van der Waals surface area contributed by atoms with E-state index in [9.17, 15) is 18.4 Å². The second-order valence-electron chi connectivity index (χ2n) is 10.1. The molecule has 0 radical (unpaired) electrons. The van der Waals surface area contributed by atoms with Crippen molar-refractivity contribution < 1.29 is 13.2 Å². The van der Waals surface area contributed by atoms with Gasteiger partial charge >= 0.3 is 6.18 Å². The highest BCUT2D eigenvalue weighted by atomic mass is 32.1. The number of benzene rings is 1. The van der Waals surface area contributed by atoms with Crippen LogP contribution >= 0.6 is 22.7 Å². The Morgan fingerprint density at radius 1 is 1.12 bits per heavy atom. The number of anilines is 1. The number of piperidine rings is 1. The number of thiophene rings is 1. The number of likely N-dealkylation sites (tertiary alicyclic amines) is 1. The molecule has 5 heterocycles. The van der Waals surface area contributed by atoms with Crippen LogP contribution in [0.1, 0.15) is 39.7 Å². The molecule has 0 bridgehead atoms. The maximum absolute atomic E-state index is 12.9. The number of nitriles is 1. The van der Waals surface area contributed by atoms with E-state index in [4.69, 9.17) is 0 Å². The Bertz CT molecular complexity index is 1700. The predicted octanol–water partition coefficient (Wildman–Crippen LogP) is 6.51. The summed E-state index contributed by atoms with van der Waals surface area (Å²) in [5.41, 5.74) is 3.80. The van der Waals surface area contributed by atoms with Crippen LogP contribution in [0.3, 0.4) is 0 Å². The maximum Gasteiger partial charge on any atom is 0.393 e. The average Bonchev–Trinajstić information content (AvgIpc) is 3.61. The summed E-state index contributed by atoms with van der Waals surface area (Å²) < 4.78 is 40.6. The smallest absolute Gasteiger partial charge is 0.367 e. The number of rotatable bonds is 7. The number of thiazole rings is 1. The molecule has 0 spiro atoms. The Balaban J connectivity index is 1.09. The number of hydrogen-bond donors (Lipinski definition) is 1. The molecule has 7 nitrogen and oxygen atoms in total. The zero-order valence-electron chi connectivity index (χ0n) is 21.7. The lowest BCUT2D eigenvalue weighted by atomic mass is 10.0. The van der Waals surface area contributed by atoms with Crippen molar-refractivity contribution in [1.29, 1.82) is 5.26 Å². The molecule has 1 saturated heterocycles. The fourth-order valence-corrected chi connectivity index (χ4v) is 6.95. The van der Waals surface area contributed by atoms with Crippen molar-refractivity contribution in [1.82, 2.24) is 24.4 Å². The van der Waals surface area contributed by atoms with Gasteiger partial charge in [0.1, 0.15) is 28.7 Å². The molecule has 206 valence electrons. The van der Waals surface area contributed by atoms with E-state index < -0.39 is 12.6 Å². The topological polar surface area (TPSA) is 82.7 Å². The second-order valence-corrected chi connectivity index (χ2v) is 12.3. The molecule has 0 aliphatic carbocycles. The summed E-state index contributed by atoms with van der Waals surface area (Å²) in [4.78, 5) is 16.3. The Morgan fingerprint density at radius 3 is 2.67 bits per heavy atom. The maximum atomic E-state index is 12.9. The van der Waals surface area contributed by atoms with Gasteiger partial charge in [-0.25, -0.2) is 15.0 Å². The van der Waals surface area contributed by atoms with E-state index in [-0.39, 0.29) is 10.9 Å². The summed E-state index contributed by atoms with van der Waals surface area (Å²) in [5.74, 6) is 0.601. The summed E-state index contributed by atoms with van der Waals surface area (Å²) in [7, 11) is 0. The molecule has 1 aromatic carbocycles. The normalized spacial score (nSPS) is 15.2. The van der Waals surface area contributed by atoms with Gasteiger partial charge in [-0.3, -0.25) is 4.90 Å². The van der Waals surface area contributed by atoms with Gasteiger partial charge in [-0.2, -0.15) is 18.4 Å². The highest BCUT2D eigenvalue weighted by Gasteiger charge is 2.29. The van der Waals surface area contributed by atoms with Crippen LogP contribution in [0, 0.1) is 18.3 Å². The van der Waals surface area contributed by atoms with Gasteiger partial charge in [-0.05, 0) is 49.6 Å². The van der Waals surface area contributed by atoms with Gasteiger partial charge in [0.2, 0.25) is 0 Å². The lowest BCUT2D eigenvalue weighted by Crippen LogP contribution is -2.38. The SMILES string of the molecule is Cc1nc(Cn2c(C#N)cc3cc(CN4CCC(Nc5ncnc6sc(CC(F)(F)F)cc56)CC4)ccc32)cs1. The first-order valence-electron chi connectivity index (χ1n) is 13.0. The molecule has 1 aliphatic rings. The molecule has 0 atom stereocenters. The van der Waals surface area contributed by atoms with Crippen molar-refractivity contribution in [2.24, 2.45) is 0 Å². The Labute approximate surface area is 236 Å². The van der Waals surface area contributed by atoms with Crippen LogP contribution in [0.4, 0.5) is 19.0 Å². The van der Waals surface area contributed by atoms with Crippen molar-refractivity contribution in [3.63, 3.8) is 0 Å². The van der Waals surface area contributed by atoms with E-state index in [2.05, 4.69) is 49.4 Å². The number of fused-ring (bicyclic) bond motifs is 2. The molecule has 6 rings (SSSR count). The summed E-state index contributed by atoms with van der Waals surface area (Å²) in [6.45, 7) is 5.14. The first-order valence-corrected chi connectivity index (χ1v) is 14.7. The van der Waals surface area contributed by atoms with E-state index in [1.165, 1.54) is 11.9 Å². The molecule has 40 heavy (non-hydrogen) atoms. The highest BCUT2D eigenvalue weighted by molar-refractivity contribution is 7.18. The third kappa shape index (κ3) is 5.82. The van der Waals surface area contributed by atoms with Crippen LogP contribution in [-0.2, 0) is 19.5 Å². The van der Waals surface area contributed by atoms with Gasteiger partial charge in [0.05, 0.1) is 29.1 Å². The zero-order chi connectivity index (χ0) is 27.9. The van der Waals surface area contributed by atoms with Crippen LogP contribution in [0.2, 0.25) is 0 Å². The van der Waals surface area contributed by atoms with E-state index in [0.717, 1.165) is 65.4 Å². The minimum absolute atomic E-state index is 0.185. The zero-order valence-corrected chi connectivity index (χ0v) is 23.3. The average molecular weight is 582 g/mol. The van der Waals surface area contributed by atoms with Crippen LogP contribution < -0.4 is 5.32 Å². The first kappa shape index (κ1) is 26.7. The number of aryl methyl sites for hydroxylation is 1. The van der Waals surface area contributed by atoms with Gasteiger partial charge in [-0.15, -0.1) is 22.7 Å². The molecule has 0 unspecified atom stereocenters. The molecule has 1 fully saturated rings. The molecular weight excluding hydrogens is 555 g/mol. The van der Waals surface area contributed by atoms with Crippen molar-refractivity contribution in [2.45, 2.75) is 51.5 Å². The second kappa shape index (κ2) is 10.8. The quantitative estimate of drug-likeness (QED) is 0.236. The van der Waals surface area contributed by atoms with Crippen molar-refractivity contribution in [3.05, 3.63) is 68.9 Å². The van der Waals surface area contributed by atoms with Gasteiger partial charge in [0, 0.05) is 46.8 Å². The van der Waals surface area contributed by atoms with Crippen LogP contribution in [0.25, 0.3) is 21.1 Å². The van der Waals surface area contributed by atoms with E-state index in [1.54, 1.807) is 17.4 Å². The van der Waals surface area contributed by atoms with Crippen LogP contribution in [-0.4, -0.2) is 49.7 Å². The van der Waals surface area contributed by atoms with Crippen molar-refractivity contribution in [3.8, 4) is 6.07 Å². The van der Waals surface area contributed by atoms with E-state index in [1.807, 2.05) is 22.9 Å². The number of aromatic nitrogens is 4. The molecule has 1 N–H and O–H groups in total. The molecule has 0 amide bonds. The minimum Gasteiger partial charge on any atom is -0.367 e. The number of hydrogen-bond acceptors (Lipinski definition) is 8. The summed E-state index contributed by atoms with van der Waals surface area (Å²) in [6.07, 6.45) is -1.99. The Kier molecular flexibility index (Phi) is 7.20. The Morgan fingerprint density at radius 2 is 1.95 bits per heavy atom. The third-order valence-corrected chi connectivity index (χ3v) is 9.02. The summed E-state index contributed by atoms with van der Waals surface area (Å²) in [5, 5.41) is 17.9. The molecule has 0 saturated carbocycles. The standard InChI is InChI=1S/C28H26F3N7S2/c1-17-35-21(15-39-17)14-38-22(12-32)9-19-8-18(2-3-25(19)38)13-37-6-4-20(5-7-37)36-26-24-10-23(11-28(29,30)31)40-27(24)34-16-33-26/h2-3,8-10,15-16,20H,4-7,11,13-14H2,1H3,(H,33,34,36). The van der Waals surface area contributed by atoms with Crippen molar-refractivity contribution in [2.75, 3.05) is 18.4 Å². The lowest BCUT2D eigenvalue weighted by Gasteiger charge is -2.32. The van der Waals surface area contributed by atoms with Crippen molar-refractivity contribution >= 4 is 49.6 Å². The van der Waals surface area contributed by atoms with E-state index in [0.29, 0.717) is 28.3 Å². The molecule has 5 aromatic rings. The summed E-state index contributed by atoms with van der Waals surface area (Å²) in [6, 6.07) is 12.4. The lowest BCUT2D eigenvalue weighted by molar-refractivity contribution is -0.126. The highest BCUT2D eigenvalue weighted by Crippen LogP contribution is 2.33. The van der Waals surface area contributed by atoms with Gasteiger partial charge in [-0.1, -0.05) is 6.07 Å². The van der Waals surface area contributed by atoms with Gasteiger partial charge in [0.15, 0.2) is 0 Å². The first-order chi connectivity index (χ1) is 19.2. The van der Waals surface area contributed by atoms with E-state index >= 15 is 0 Å².